The van der Waals surface area contributed by atoms with Crippen LogP contribution in [0.4, 0.5) is 11.8 Å². The highest BCUT2D eigenvalue weighted by molar-refractivity contribution is 5.64. The van der Waals surface area contributed by atoms with Crippen LogP contribution in [0.5, 0.6) is 0 Å². The Morgan fingerprint density at radius 2 is 1.79 bits per heavy atom. The van der Waals surface area contributed by atoms with Crippen molar-refractivity contribution in [3.63, 3.8) is 0 Å². The number of carbonyl (C=O) groups is 1. The normalized spacial score (nSPS) is 14.8. The fourth-order valence-electron chi connectivity index (χ4n) is 2.73. The molecule has 2 heterocycles. The van der Waals surface area contributed by atoms with Crippen molar-refractivity contribution in [3.05, 3.63) is 36.4 Å². The molecule has 1 saturated heterocycles. The maximum atomic E-state index is 10.9. The molecule has 6 heteroatoms. The van der Waals surface area contributed by atoms with E-state index >= 15 is 0 Å². The van der Waals surface area contributed by atoms with Gasteiger partial charge in [0.15, 0.2) is 0 Å². The van der Waals surface area contributed by atoms with Gasteiger partial charge in [0.05, 0.1) is 5.69 Å². The van der Waals surface area contributed by atoms with Crippen molar-refractivity contribution < 1.29 is 4.79 Å². The molecule has 0 atom stereocenters. The predicted octanol–water partition coefficient (Wildman–Crippen LogP) is 2.24. The number of carbonyl (C=O) groups excluding carboxylic acids is 1. The van der Waals surface area contributed by atoms with E-state index in [1.54, 1.807) is 4.90 Å². The first-order valence-electron chi connectivity index (χ1n) is 8.31. The third kappa shape index (κ3) is 3.82. The van der Waals surface area contributed by atoms with Gasteiger partial charge in [0.2, 0.25) is 12.4 Å². The van der Waals surface area contributed by atoms with Gasteiger partial charge in [-0.25, -0.2) is 4.98 Å². The van der Waals surface area contributed by atoms with Crippen LogP contribution in [0.15, 0.2) is 36.4 Å². The van der Waals surface area contributed by atoms with Gasteiger partial charge in [0.1, 0.15) is 5.82 Å². The second kappa shape index (κ2) is 7.29. The Kier molecular flexibility index (Phi) is 4.93. The van der Waals surface area contributed by atoms with E-state index in [4.69, 9.17) is 4.98 Å². The maximum absolute atomic E-state index is 10.9. The van der Waals surface area contributed by atoms with Crippen LogP contribution in [0.3, 0.4) is 0 Å². The van der Waals surface area contributed by atoms with Crippen molar-refractivity contribution in [3.8, 4) is 11.3 Å². The van der Waals surface area contributed by atoms with Gasteiger partial charge in [0.25, 0.3) is 0 Å². The lowest BCUT2D eigenvalue weighted by Crippen LogP contribution is -2.46. The number of hydrogen-bond acceptors (Lipinski definition) is 5. The molecule has 24 heavy (non-hydrogen) atoms. The molecular weight excluding hydrogens is 302 g/mol. The molecule has 2 aromatic rings. The highest BCUT2D eigenvalue weighted by Crippen LogP contribution is 2.23. The van der Waals surface area contributed by atoms with Crippen LogP contribution in [-0.2, 0) is 4.79 Å². The van der Waals surface area contributed by atoms with Gasteiger partial charge in [-0.2, -0.15) is 4.98 Å². The standard InChI is InChI=1S/C18H23N5O/c1-14(2)19-17-12-16(15-6-4-3-5-7-15)20-18(21-17)23-10-8-22(13-24)9-11-23/h3-7,12-14H,8-11H2,1-2H3,(H,19,20,21). The second-order valence-corrected chi connectivity index (χ2v) is 6.23. The van der Waals surface area contributed by atoms with E-state index in [1.165, 1.54) is 0 Å². The highest BCUT2D eigenvalue weighted by Gasteiger charge is 2.19. The molecule has 0 unspecified atom stereocenters. The second-order valence-electron chi connectivity index (χ2n) is 6.23. The van der Waals surface area contributed by atoms with Crippen LogP contribution in [0.2, 0.25) is 0 Å². The van der Waals surface area contributed by atoms with Gasteiger partial charge in [0, 0.05) is 43.9 Å². The van der Waals surface area contributed by atoms with Gasteiger partial charge in [-0.1, -0.05) is 30.3 Å². The summed E-state index contributed by atoms with van der Waals surface area (Å²) < 4.78 is 0. The van der Waals surface area contributed by atoms with Crippen LogP contribution in [0, 0.1) is 0 Å². The average Bonchev–Trinajstić information content (AvgIpc) is 2.62. The van der Waals surface area contributed by atoms with Crippen molar-refractivity contribution in [2.75, 3.05) is 36.4 Å². The predicted molar refractivity (Wildman–Crippen MR) is 96.1 cm³/mol. The lowest BCUT2D eigenvalue weighted by molar-refractivity contribution is -0.118. The Hall–Kier alpha value is -2.63. The summed E-state index contributed by atoms with van der Waals surface area (Å²) in [6, 6.07) is 12.4. The molecular formula is C18H23N5O. The molecule has 1 aliphatic heterocycles. The number of nitrogens with one attached hydrogen (secondary N) is 1. The Bertz CT molecular complexity index is 681. The first-order chi connectivity index (χ1) is 11.7. The number of benzene rings is 1. The zero-order valence-electron chi connectivity index (χ0n) is 14.1. The van der Waals surface area contributed by atoms with Crippen LogP contribution in [-0.4, -0.2) is 53.5 Å². The van der Waals surface area contributed by atoms with Crippen LogP contribution < -0.4 is 10.2 Å². The molecule has 6 nitrogen and oxygen atoms in total. The topological polar surface area (TPSA) is 61.4 Å². The number of amides is 1. The molecule has 0 radical (unpaired) electrons. The Morgan fingerprint density at radius 3 is 2.42 bits per heavy atom. The van der Waals surface area contributed by atoms with Crippen molar-refractivity contribution in [2.24, 2.45) is 0 Å². The zero-order valence-corrected chi connectivity index (χ0v) is 14.1. The summed E-state index contributed by atoms with van der Waals surface area (Å²) in [5.41, 5.74) is 1.97. The summed E-state index contributed by atoms with van der Waals surface area (Å²) in [4.78, 5) is 24.2. The molecule has 1 N–H and O–H groups in total. The van der Waals surface area contributed by atoms with Gasteiger partial charge < -0.3 is 15.1 Å². The third-order valence-corrected chi connectivity index (χ3v) is 3.97. The lowest BCUT2D eigenvalue weighted by atomic mass is 10.1. The van der Waals surface area contributed by atoms with Crippen LogP contribution in [0.1, 0.15) is 13.8 Å². The quantitative estimate of drug-likeness (QED) is 0.854. The molecule has 3 rings (SSSR count). The number of anilines is 2. The van der Waals surface area contributed by atoms with E-state index in [0.717, 1.165) is 36.6 Å². The molecule has 126 valence electrons. The molecule has 0 bridgehead atoms. The SMILES string of the molecule is CC(C)Nc1cc(-c2ccccc2)nc(N2CCN(C=O)CC2)n1. The summed E-state index contributed by atoms with van der Waals surface area (Å²) in [6.07, 6.45) is 0.907. The fourth-order valence-corrected chi connectivity index (χ4v) is 2.73. The minimum Gasteiger partial charge on any atom is -0.368 e. The molecule has 0 spiro atoms. The third-order valence-electron chi connectivity index (χ3n) is 3.97. The summed E-state index contributed by atoms with van der Waals surface area (Å²) in [5.74, 6) is 1.54. The Labute approximate surface area is 142 Å². The first kappa shape index (κ1) is 16.2. The minimum atomic E-state index is 0.295. The van der Waals surface area contributed by atoms with E-state index in [2.05, 4.69) is 41.2 Å². The van der Waals surface area contributed by atoms with E-state index in [0.29, 0.717) is 25.1 Å². The lowest BCUT2D eigenvalue weighted by Gasteiger charge is -2.32. The van der Waals surface area contributed by atoms with E-state index < -0.39 is 0 Å². The molecule has 1 amide bonds. The zero-order chi connectivity index (χ0) is 16.9. The largest absolute Gasteiger partial charge is 0.368 e. The molecule has 1 aliphatic rings. The van der Waals surface area contributed by atoms with Crippen molar-refractivity contribution >= 4 is 18.2 Å². The number of rotatable bonds is 5. The summed E-state index contributed by atoms with van der Waals surface area (Å²) >= 11 is 0. The molecule has 1 aromatic heterocycles. The molecule has 1 fully saturated rings. The molecule has 0 saturated carbocycles. The van der Waals surface area contributed by atoms with E-state index in [9.17, 15) is 4.79 Å². The average molecular weight is 325 g/mol. The number of hydrogen-bond donors (Lipinski definition) is 1. The number of piperazine rings is 1. The Morgan fingerprint density at radius 1 is 1.08 bits per heavy atom. The minimum absolute atomic E-state index is 0.295. The van der Waals surface area contributed by atoms with Gasteiger partial charge >= 0.3 is 0 Å². The van der Waals surface area contributed by atoms with Gasteiger partial charge in [-0.05, 0) is 13.8 Å². The van der Waals surface area contributed by atoms with Crippen molar-refractivity contribution in [1.82, 2.24) is 14.9 Å². The number of aromatic nitrogens is 2. The Balaban J connectivity index is 1.91. The first-order valence-corrected chi connectivity index (χ1v) is 8.31. The summed E-state index contributed by atoms with van der Waals surface area (Å²) in [7, 11) is 0. The monoisotopic (exact) mass is 325 g/mol. The highest BCUT2D eigenvalue weighted by atomic mass is 16.1. The van der Waals surface area contributed by atoms with Crippen LogP contribution >= 0.6 is 0 Å². The van der Waals surface area contributed by atoms with Crippen LogP contribution in [0.25, 0.3) is 11.3 Å². The van der Waals surface area contributed by atoms with Gasteiger partial charge in [-0.15, -0.1) is 0 Å². The number of nitrogens with zero attached hydrogens (tertiary/aromatic N) is 4. The molecule has 0 aliphatic carbocycles. The smallest absolute Gasteiger partial charge is 0.227 e. The summed E-state index contributed by atoms with van der Waals surface area (Å²) in [5, 5.41) is 3.37. The van der Waals surface area contributed by atoms with Gasteiger partial charge in [-0.3, -0.25) is 4.79 Å². The summed E-state index contributed by atoms with van der Waals surface area (Å²) in [6.45, 7) is 7.08. The van der Waals surface area contributed by atoms with Crippen molar-refractivity contribution in [2.45, 2.75) is 19.9 Å². The van der Waals surface area contributed by atoms with Crippen molar-refractivity contribution in [1.29, 1.82) is 0 Å². The maximum Gasteiger partial charge on any atom is 0.227 e. The molecule has 1 aromatic carbocycles. The fraction of sp³-hybridized carbons (Fsp3) is 0.389. The van der Waals surface area contributed by atoms with E-state index in [-0.39, 0.29) is 0 Å². The van der Waals surface area contributed by atoms with E-state index in [1.807, 2.05) is 24.3 Å².